The standard InChI is InChI=1S/C12H26N2/c1-4-5-11-6-8-12(10-13,9-7-11)14(2)3/h11H,4-10,13H2,1-3H3. The van der Waals surface area contributed by atoms with E-state index in [1.807, 2.05) is 0 Å². The van der Waals surface area contributed by atoms with Gasteiger partial charge in [0.2, 0.25) is 0 Å². The SMILES string of the molecule is CCCC1CCC(CN)(N(C)C)CC1. The van der Waals surface area contributed by atoms with Crippen LogP contribution in [0.3, 0.4) is 0 Å². The fraction of sp³-hybridized carbons (Fsp3) is 1.00. The van der Waals surface area contributed by atoms with Gasteiger partial charge in [0.15, 0.2) is 0 Å². The van der Waals surface area contributed by atoms with Crippen LogP contribution < -0.4 is 5.73 Å². The summed E-state index contributed by atoms with van der Waals surface area (Å²) in [5, 5.41) is 0. The maximum Gasteiger partial charge on any atom is 0.0325 e. The van der Waals surface area contributed by atoms with E-state index in [9.17, 15) is 0 Å². The molecule has 0 heterocycles. The van der Waals surface area contributed by atoms with E-state index >= 15 is 0 Å². The van der Waals surface area contributed by atoms with E-state index in [-0.39, 0.29) is 0 Å². The average molecular weight is 198 g/mol. The Labute approximate surface area is 88.8 Å². The molecule has 84 valence electrons. The molecule has 1 saturated carbocycles. The van der Waals surface area contributed by atoms with Crippen molar-refractivity contribution in [3.05, 3.63) is 0 Å². The van der Waals surface area contributed by atoms with Crippen molar-refractivity contribution in [3.8, 4) is 0 Å². The number of hydrogen-bond donors (Lipinski definition) is 1. The van der Waals surface area contributed by atoms with Crippen molar-refractivity contribution in [2.24, 2.45) is 11.7 Å². The van der Waals surface area contributed by atoms with Crippen molar-refractivity contribution >= 4 is 0 Å². The number of likely N-dealkylation sites (N-methyl/N-ethyl adjacent to an activating group) is 1. The van der Waals surface area contributed by atoms with Gasteiger partial charge in [-0.2, -0.15) is 0 Å². The third kappa shape index (κ3) is 2.48. The summed E-state index contributed by atoms with van der Waals surface area (Å²) in [7, 11) is 4.35. The molecule has 1 aliphatic carbocycles. The predicted octanol–water partition coefficient (Wildman–Crippen LogP) is 2.24. The summed E-state index contributed by atoms with van der Waals surface area (Å²) < 4.78 is 0. The summed E-state index contributed by atoms with van der Waals surface area (Å²) in [5.41, 5.74) is 6.23. The number of nitrogens with zero attached hydrogens (tertiary/aromatic N) is 1. The first-order valence-electron chi connectivity index (χ1n) is 6.02. The summed E-state index contributed by atoms with van der Waals surface area (Å²) in [5.74, 6) is 0.972. The summed E-state index contributed by atoms with van der Waals surface area (Å²) in [6.07, 6.45) is 8.09. The fourth-order valence-corrected chi connectivity index (χ4v) is 2.75. The molecule has 14 heavy (non-hydrogen) atoms. The quantitative estimate of drug-likeness (QED) is 0.750. The predicted molar refractivity (Wildman–Crippen MR) is 62.3 cm³/mol. The highest BCUT2D eigenvalue weighted by molar-refractivity contribution is 4.93. The Morgan fingerprint density at radius 3 is 2.21 bits per heavy atom. The second kappa shape index (κ2) is 5.13. The molecule has 0 saturated heterocycles. The van der Waals surface area contributed by atoms with Gasteiger partial charge < -0.3 is 10.6 Å². The van der Waals surface area contributed by atoms with Crippen molar-refractivity contribution in [3.63, 3.8) is 0 Å². The average Bonchev–Trinajstić information content (AvgIpc) is 2.19. The number of hydrogen-bond acceptors (Lipinski definition) is 2. The lowest BCUT2D eigenvalue weighted by Gasteiger charge is -2.44. The Bertz CT molecular complexity index is 158. The molecule has 0 radical (unpaired) electrons. The zero-order valence-corrected chi connectivity index (χ0v) is 10.1. The van der Waals surface area contributed by atoms with Crippen molar-refractivity contribution in [1.82, 2.24) is 4.90 Å². The molecule has 1 rings (SSSR count). The fourth-order valence-electron chi connectivity index (χ4n) is 2.75. The van der Waals surface area contributed by atoms with Gasteiger partial charge in [-0.25, -0.2) is 0 Å². The Kier molecular flexibility index (Phi) is 4.39. The molecule has 0 aromatic carbocycles. The summed E-state index contributed by atoms with van der Waals surface area (Å²) in [4.78, 5) is 2.34. The van der Waals surface area contributed by atoms with E-state index in [0.29, 0.717) is 5.54 Å². The number of nitrogens with two attached hydrogens (primary N) is 1. The second-order valence-electron chi connectivity index (χ2n) is 5.05. The van der Waals surface area contributed by atoms with Gasteiger partial charge in [0.1, 0.15) is 0 Å². The van der Waals surface area contributed by atoms with E-state index in [0.717, 1.165) is 12.5 Å². The van der Waals surface area contributed by atoms with Crippen LogP contribution in [0.1, 0.15) is 45.4 Å². The monoisotopic (exact) mass is 198 g/mol. The van der Waals surface area contributed by atoms with E-state index in [4.69, 9.17) is 5.73 Å². The molecule has 2 nitrogen and oxygen atoms in total. The van der Waals surface area contributed by atoms with Crippen LogP contribution in [0.5, 0.6) is 0 Å². The van der Waals surface area contributed by atoms with E-state index < -0.39 is 0 Å². The molecule has 0 aromatic rings. The Morgan fingerprint density at radius 1 is 1.29 bits per heavy atom. The van der Waals surface area contributed by atoms with Crippen LogP contribution in [0.25, 0.3) is 0 Å². The van der Waals surface area contributed by atoms with Crippen molar-refractivity contribution < 1.29 is 0 Å². The van der Waals surface area contributed by atoms with Gasteiger partial charge in [-0.05, 0) is 45.7 Å². The lowest BCUT2D eigenvalue weighted by Crippen LogP contribution is -2.52. The maximum atomic E-state index is 5.92. The van der Waals surface area contributed by atoms with Gasteiger partial charge in [0.05, 0.1) is 0 Å². The third-order valence-corrected chi connectivity index (χ3v) is 4.06. The molecule has 0 aromatic heterocycles. The van der Waals surface area contributed by atoms with E-state index in [1.54, 1.807) is 0 Å². The minimum absolute atomic E-state index is 0.310. The van der Waals surface area contributed by atoms with Crippen LogP contribution in [0, 0.1) is 5.92 Å². The summed E-state index contributed by atoms with van der Waals surface area (Å²) in [6, 6.07) is 0. The molecule has 0 atom stereocenters. The van der Waals surface area contributed by atoms with Crippen LogP contribution >= 0.6 is 0 Å². The largest absolute Gasteiger partial charge is 0.329 e. The van der Waals surface area contributed by atoms with Crippen molar-refractivity contribution in [1.29, 1.82) is 0 Å². The molecule has 0 amide bonds. The first-order valence-corrected chi connectivity index (χ1v) is 6.02. The molecule has 1 aliphatic rings. The van der Waals surface area contributed by atoms with Crippen LogP contribution in [0.2, 0.25) is 0 Å². The second-order valence-corrected chi connectivity index (χ2v) is 5.05. The highest BCUT2D eigenvalue weighted by Gasteiger charge is 2.35. The van der Waals surface area contributed by atoms with Crippen molar-refractivity contribution in [2.45, 2.75) is 51.0 Å². The topological polar surface area (TPSA) is 29.3 Å². The molecule has 2 heteroatoms. The molecular formula is C12H26N2. The normalized spacial score (nSPS) is 33.6. The lowest BCUT2D eigenvalue weighted by molar-refractivity contribution is 0.0849. The smallest absolute Gasteiger partial charge is 0.0325 e. The van der Waals surface area contributed by atoms with E-state index in [1.165, 1.54) is 38.5 Å². The zero-order valence-electron chi connectivity index (χ0n) is 10.1. The highest BCUT2D eigenvalue weighted by atomic mass is 15.2. The first kappa shape index (κ1) is 12.0. The van der Waals surface area contributed by atoms with Gasteiger partial charge in [0, 0.05) is 12.1 Å². The Balaban J connectivity index is 2.46. The molecule has 0 spiro atoms. The van der Waals surface area contributed by atoms with Gasteiger partial charge in [-0.3, -0.25) is 0 Å². The minimum atomic E-state index is 0.310. The molecule has 2 N–H and O–H groups in total. The third-order valence-electron chi connectivity index (χ3n) is 4.06. The summed E-state index contributed by atoms with van der Waals surface area (Å²) in [6.45, 7) is 3.11. The summed E-state index contributed by atoms with van der Waals surface area (Å²) >= 11 is 0. The molecule has 1 fully saturated rings. The van der Waals surface area contributed by atoms with Crippen LogP contribution in [0.4, 0.5) is 0 Å². The molecule has 0 aliphatic heterocycles. The van der Waals surface area contributed by atoms with Gasteiger partial charge >= 0.3 is 0 Å². The Morgan fingerprint density at radius 2 is 1.86 bits per heavy atom. The first-order chi connectivity index (χ1) is 6.64. The van der Waals surface area contributed by atoms with Crippen LogP contribution in [0.15, 0.2) is 0 Å². The van der Waals surface area contributed by atoms with Crippen LogP contribution in [-0.2, 0) is 0 Å². The van der Waals surface area contributed by atoms with Crippen LogP contribution in [-0.4, -0.2) is 31.1 Å². The van der Waals surface area contributed by atoms with Gasteiger partial charge in [-0.1, -0.05) is 19.8 Å². The molecule has 0 unspecified atom stereocenters. The lowest BCUT2D eigenvalue weighted by atomic mass is 9.74. The number of rotatable bonds is 4. The maximum absolute atomic E-state index is 5.92. The zero-order chi connectivity index (χ0) is 10.6. The van der Waals surface area contributed by atoms with E-state index in [2.05, 4.69) is 25.9 Å². The van der Waals surface area contributed by atoms with Crippen molar-refractivity contribution in [2.75, 3.05) is 20.6 Å². The molecule has 0 bridgehead atoms. The highest BCUT2D eigenvalue weighted by Crippen LogP contribution is 2.36. The Hall–Kier alpha value is -0.0800. The molecular weight excluding hydrogens is 172 g/mol. The van der Waals surface area contributed by atoms with Gasteiger partial charge in [-0.15, -0.1) is 0 Å². The van der Waals surface area contributed by atoms with Gasteiger partial charge in [0.25, 0.3) is 0 Å². The minimum Gasteiger partial charge on any atom is -0.329 e.